The summed E-state index contributed by atoms with van der Waals surface area (Å²) in [6.07, 6.45) is 1.61. The van der Waals surface area contributed by atoms with E-state index in [0.29, 0.717) is 11.4 Å². The Bertz CT molecular complexity index is 1300. The lowest BCUT2D eigenvalue weighted by molar-refractivity contribution is -0.120. The fourth-order valence-electron chi connectivity index (χ4n) is 3.57. The number of hydrogen-bond acceptors (Lipinski definition) is 4. The molecule has 0 aliphatic carbocycles. The number of anilines is 2. The molecule has 5 nitrogen and oxygen atoms in total. The Morgan fingerprint density at radius 1 is 0.848 bits per heavy atom. The van der Waals surface area contributed by atoms with Crippen LogP contribution >= 0.6 is 34.8 Å². The number of hydrogen-bond donors (Lipinski definition) is 0. The first-order valence-corrected chi connectivity index (χ1v) is 11.7. The van der Waals surface area contributed by atoms with E-state index in [2.05, 4.69) is 22.6 Å². The van der Waals surface area contributed by atoms with Crippen molar-refractivity contribution >= 4 is 69.2 Å². The van der Waals surface area contributed by atoms with Gasteiger partial charge >= 0.3 is 0 Å². The molecular weight excluding hydrogens is 547 g/mol. The van der Waals surface area contributed by atoms with Crippen LogP contribution in [-0.4, -0.2) is 24.0 Å². The van der Waals surface area contributed by atoms with Gasteiger partial charge in [0.1, 0.15) is 11.3 Å². The van der Waals surface area contributed by atoms with Crippen LogP contribution in [0.3, 0.4) is 0 Å². The molecule has 1 saturated heterocycles. The van der Waals surface area contributed by atoms with Gasteiger partial charge in [0.2, 0.25) is 0 Å². The number of para-hydroxylation sites is 1. The topological polar surface area (TPSA) is 49.9 Å². The molecule has 0 N–H and O–H groups in total. The first-order valence-electron chi connectivity index (χ1n) is 10.2. The zero-order chi connectivity index (χ0) is 23.7. The van der Waals surface area contributed by atoms with Crippen LogP contribution < -0.4 is 14.5 Å². The van der Waals surface area contributed by atoms with Gasteiger partial charge in [0.15, 0.2) is 5.11 Å². The van der Waals surface area contributed by atoms with Gasteiger partial charge < -0.3 is 4.74 Å². The molecule has 3 aromatic rings. The summed E-state index contributed by atoms with van der Waals surface area (Å²) in [5, 5.41) is 0.126. The average molecular weight is 568 g/mol. The molecule has 0 bridgehead atoms. The Kier molecular flexibility index (Phi) is 6.62. The van der Waals surface area contributed by atoms with Gasteiger partial charge in [-0.15, -0.1) is 0 Å². The van der Waals surface area contributed by atoms with Crippen molar-refractivity contribution in [3.8, 4) is 5.75 Å². The normalized spacial score (nSPS) is 15.4. The highest BCUT2D eigenvalue weighted by Crippen LogP contribution is 2.31. The van der Waals surface area contributed by atoms with Crippen LogP contribution in [0.4, 0.5) is 11.4 Å². The third kappa shape index (κ3) is 4.43. The lowest BCUT2D eigenvalue weighted by Crippen LogP contribution is -2.57. The van der Waals surface area contributed by atoms with Crippen molar-refractivity contribution in [2.24, 2.45) is 0 Å². The van der Waals surface area contributed by atoms with E-state index >= 15 is 0 Å². The van der Waals surface area contributed by atoms with Crippen LogP contribution in [0.1, 0.15) is 16.7 Å². The lowest BCUT2D eigenvalue weighted by atomic mass is 10.0. The number of nitrogens with zero attached hydrogens (tertiary/aromatic N) is 2. The number of ether oxygens (including phenoxy) is 1. The second kappa shape index (κ2) is 9.44. The molecule has 0 atom stereocenters. The van der Waals surface area contributed by atoms with Gasteiger partial charge in [-0.1, -0.05) is 30.3 Å². The highest BCUT2D eigenvalue weighted by atomic mass is 127. The van der Waals surface area contributed by atoms with Gasteiger partial charge in [0.25, 0.3) is 11.8 Å². The largest absolute Gasteiger partial charge is 0.496 e. The summed E-state index contributed by atoms with van der Waals surface area (Å²) < 4.78 is 6.20. The fraction of sp³-hybridized carbons (Fsp3) is 0.115. The van der Waals surface area contributed by atoms with E-state index in [-0.39, 0.29) is 10.7 Å². The number of amides is 2. The molecule has 2 amide bonds. The first kappa shape index (κ1) is 23.1. The molecule has 7 heteroatoms. The van der Waals surface area contributed by atoms with Crippen molar-refractivity contribution in [3.63, 3.8) is 0 Å². The quantitative estimate of drug-likeness (QED) is 0.176. The third-order valence-electron chi connectivity index (χ3n) is 5.50. The van der Waals surface area contributed by atoms with Gasteiger partial charge in [-0.3, -0.25) is 19.4 Å². The Labute approximate surface area is 211 Å². The summed E-state index contributed by atoms with van der Waals surface area (Å²) in [4.78, 5) is 30.0. The van der Waals surface area contributed by atoms with Gasteiger partial charge in [-0.05, 0) is 108 Å². The van der Waals surface area contributed by atoms with Crippen molar-refractivity contribution in [2.45, 2.75) is 13.8 Å². The van der Waals surface area contributed by atoms with E-state index < -0.39 is 11.8 Å². The van der Waals surface area contributed by atoms with Crippen molar-refractivity contribution < 1.29 is 14.3 Å². The second-order valence-electron chi connectivity index (χ2n) is 7.62. The minimum Gasteiger partial charge on any atom is -0.496 e. The minimum absolute atomic E-state index is 0.0339. The molecule has 0 aromatic heterocycles. The van der Waals surface area contributed by atoms with Crippen LogP contribution in [0.2, 0.25) is 0 Å². The van der Waals surface area contributed by atoms with Gasteiger partial charge in [0.05, 0.1) is 22.1 Å². The molecule has 1 heterocycles. The molecule has 0 unspecified atom stereocenters. The molecule has 166 valence electrons. The zero-order valence-electron chi connectivity index (χ0n) is 18.3. The predicted molar refractivity (Wildman–Crippen MR) is 144 cm³/mol. The van der Waals surface area contributed by atoms with Gasteiger partial charge in [-0.25, -0.2) is 0 Å². The Morgan fingerprint density at radius 3 is 2.12 bits per heavy atom. The second-order valence-corrected chi connectivity index (χ2v) is 9.15. The SMILES string of the molecule is COc1ccc(C=C2C(=O)N(c3ccccc3)C(=S)N(c3ccc(C)c(C)c3)C2=O)cc1I. The Balaban J connectivity index is 1.87. The van der Waals surface area contributed by atoms with Crippen molar-refractivity contribution in [1.82, 2.24) is 0 Å². The minimum atomic E-state index is -0.456. The first-order chi connectivity index (χ1) is 15.8. The summed E-state index contributed by atoms with van der Waals surface area (Å²) in [5.41, 5.74) is 4.11. The molecule has 1 fully saturated rings. The van der Waals surface area contributed by atoms with Gasteiger partial charge in [-0.2, -0.15) is 0 Å². The molecule has 1 aliphatic heterocycles. The van der Waals surface area contributed by atoms with Crippen LogP contribution in [0.15, 0.2) is 72.3 Å². The van der Waals surface area contributed by atoms with E-state index in [1.165, 1.54) is 9.80 Å². The van der Waals surface area contributed by atoms with E-state index in [0.717, 1.165) is 26.0 Å². The molecule has 0 radical (unpaired) electrons. The van der Waals surface area contributed by atoms with Crippen LogP contribution in [0.5, 0.6) is 5.75 Å². The molecule has 3 aromatic carbocycles. The van der Waals surface area contributed by atoms with E-state index in [1.807, 2.05) is 68.4 Å². The molecule has 33 heavy (non-hydrogen) atoms. The Morgan fingerprint density at radius 2 is 1.52 bits per heavy atom. The van der Waals surface area contributed by atoms with E-state index in [4.69, 9.17) is 17.0 Å². The fourth-order valence-corrected chi connectivity index (χ4v) is 4.70. The number of methoxy groups -OCH3 is 1. The molecule has 0 spiro atoms. The summed E-state index contributed by atoms with van der Waals surface area (Å²) in [7, 11) is 1.60. The number of carbonyl (C=O) groups excluding carboxylic acids is 2. The molecule has 1 aliphatic rings. The number of thiocarbonyl (C=S) groups is 1. The number of carbonyl (C=O) groups is 2. The zero-order valence-corrected chi connectivity index (χ0v) is 21.3. The summed E-state index contributed by atoms with van der Waals surface area (Å²) >= 11 is 7.84. The average Bonchev–Trinajstić information content (AvgIpc) is 2.80. The summed E-state index contributed by atoms with van der Waals surface area (Å²) in [6.45, 7) is 3.98. The smallest absolute Gasteiger partial charge is 0.270 e. The number of aryl methyl sites for hydroxylation is 2. The number of halogens is 1. The highest BCUT2D eigenvalue weighted by Gasteiger charge is 2.41. The van der Waals surface area contributed by atoms with Gasteiger partial charge in [0, 0.05) is 0 Å². The lowest BCUT2D eigenvalue weighted by Gasteiger charge is -2.36. The molecular formula is C26H21IN2O3S. The molecule has 0 saturated carbocycles. The van der Waals surface area contributed by atoms with Crippen molar-refractivity contribution in [2.75, 3.05) is 16.9 Å². The van der Waals surface area contributed by atoms with Crippen LogP contribution in [-0.2, 0) is 9.59 Å². The maximum atomic E-state index is 13.6. The predicted octanol–water partition coefficient (Wildman–Crippen LogP) is 5.66. The van der Waals surface area contributed by atoms with E-state index in [1.54, 1.807) is 25.3 Å². The monoisotopic (exact) mass is 568 g/mol. The molecule has 4 rings (SSSR count). The maximum Gasteiger partial charge on any atom is 0.270 e. The van der Waals surface area contributed by atoms with Crippen LogP contribution in [0.25, 0.3) is 6.08 Å². The summed E-state index contributed by atoms with van der Waals surface area (Å²) in [6, 6.07) is 20.3. The Hall–Kier alpha value is -3.04. The van der Waals surface area contributed by atoms with Crippen molar-refractivity contribution in [1.29, 1.82) is 0 Å². The maximum absolute atomic E-state index is 13.6. The van der Waals surface area contributed by atoms with Crippen LogP contribution in [0, 0.1) is 17.4 Å². The number of benzene rings is 3. The third-order valence-corrected chi connectivity index (χ3v) is 6.71. The van der Waals surface area contributed by atoms with E-state index in [9.17, 15) is 9.59 Å². The highest BCUT2D eigenvalue weighted by molar-refractivity contribution is 14.1. The standard InChI is InChI=1S/C26H21IN2O3S/c1-16-9-11-20(13-17(16)2)29-25(31)21(14-18-10-12-23(32-3)22(27)15-18)24(30)28(26(29)33)19-7-5-4-6-8-19/h4-15H,1-3H3. The van der Waals surface area contributed by atoms with Crippen molar-refractivity contribution in [3.05, 3.63) is 92.6 Å². The summed E-state index contributed by atoms with van der Waals surface area (Å²) in [5.74, 6) is -0.184. The number of rotatable bonds is 4.